The number of aromatic nitrogens is 1. The minimum absolute atomic E-state index is 0.0738. The van der Waals surface area contributed by atoms with Crippen LogP contribution in [0.2, 0.25) is 0 Å². The largest absolute Gasteiger partial charge is 0.388 e. The van der Waals surface area contributed by atoms with Gasteiger partial charge in [0.05, 0.1) is 12.3 Å². The van der Waals surface area contributed by atoms with Gasteiger partial charge in [0.1, 0.15) is 9.88 Å². The molecule has 1 heterocycles. The lowest BCUT2D eigenvalue weighted by atomic mass is 10.1. The van der Waals surface area contributed by atoms with Crippen LogP contribution in [-0.2, 0) is 14.8 Å². The highest BCUT2D eigenvalue weighted by Gasteiger charge is 2.14. The minimum Gasteiger partial charge on any atom is -0.388 e. The maximum Gasteiger partial charge on any atom is 0.242 e. The zero-order valence-corrected chi connectivity index (χ0v) is 13.8. The molecule has 0 unspecified atom stereocenters. The van der Waals surface area contributed by atoms with Crippen LogP contribution in [0.5, 0.6) is 0 Å². The quantitative estimate of drug-likeness (QED) is 0.519. The van der Waals surface area contributed by atoms with Crippen molar-refractivity contribution in [3.05, 3.63) is 24.0 Å². The second-order valence-electron chi connectivity index (χ2n) is 4.94. The fourth-order valence-corrected chi connectivity index (χ4v) is 2.52. The lowest BCUT2D eigenvalue weighted by molar-refractivity contribution is 0.128. The summed E-state index contributed by atoms with van der Waals surface area (Å²) in [5.41, 5.74) is 5.80. The average Bonchev–Trinajstić information content (AvgIpc) is 2.42. The molecule has 0 radical (unpaired) electrons. The van der Waals surface area contributed by atoms with Gasteiger partial charge in [-0.1, -0.05) is 26.1 Å². The van der Waals surface area contributed by atoms with Crippen molar-refractivity contribution >= 4 is 27.2 Å². The van der Waals surface area contributed by atoms with Crippen molar-refractivity contribution in [3.63, 3.8) is 0 Å². The molecule has 0 amide bonds. The molecule has 0 aromatic carbocycles. The molecule has 0 saturated carbocycles. The molecule has 0 aliphatic heterocycles. The summed E-state index contributed by atoms with van der Waals surface area (Å²) >= 11 is 4.76. The van der Waals surface area contributed by atoms with Gasteiger partial charge in [0, 0.05) is 19.3 Å². The van der Waals surface area contributed by atoms with Gasteiger partial charge in [-0.25, -0.2) is 13.1 Å². The Morgan fingerprint density at radius 3 is 2.67 bits per heavy atom. The van der Waals surface area contributed by atoms with Gasteiger partial charge in [-0.15, -0.1) is 0 Å². The molecule has 0 aliphatic carbocycles. The number of nitrogens with two attached hydrogens (primary N) is 1. The third kappa shape index (κ3) is 6.47. The molecule has 0 fully saturated rings. The van der Waals surface area contributed by atoms with Crippen LogP contribution in [0.15, 0.2) is 23.2 Å². The Kier molecular flexibility index (Phi) is 7.16. The van der Waals surface area contributed by atoms with E-state index < -0.39 is 10.0 Å². The summed E-state index contributed by atoms with van der Waals surface area (Å²) in [5, 5.41) is 0. The van der Waals surface area contributed by atoms with E-state index in [-0.39, 0.29) is 16.4 Å². The first kappa shape index (κ1) is 18.0. The molecule has 1 rings (SSSR count). The molecular weight excluding hydrogens is 310 g/mol. The number of pyridine rings is 1. The van der Waals surface area contributed by atoms with Gasteiger partial charge in [-0.2, -0.15) is 0 Å². The van der Waals surface area contributed by atoms with E-state index in [0.717, 1.165) is 6.42 Å². The van der Waals surface area contributed by atoms with Crippen LogP contribution < -0.4 is 10.5 Å². The van der Waals surface area contributed by atoms with Crippen LogP contribution in [-0.4, -0.2) is 38.1 Å². The number of hydrogen-bond donors (Lipinski definition) is 2. The summed E-state index contributed by atoms with van der Waals surface area (Å²) in [6, 6.07) is 2.90. The molecular formula is C13H21N3O3S2. The Morgan fingerprint density at radius 1 is 1.43 bits per heavy atom. The molecule has 0 bridgehead atoms. The minimum atomic E-state index is -3.58. The van der Waals surface area contributed by atoms with Gasteiger partial charge in [0.15, 0.2) is 0 Å². The third-order valence-electron chi connectivity index (χ3n) is 2.68. The van der Waals surface area contributed by atoms with Gasteiger partial charge in [-0.05, 0) is 24.5 Å². The third-order valence-corrected chi connectivity index (χ3v) is 4.33. The molecule has 0 aliphatic rings. The van der Waals surface area contributed by atoms with E-state index in [1.54, 1.807) is 0 Å². The van der Waals surface area contributed by atoms with Crippen molar-refractivity contribution in [1.29, 1.82) is 0 Å². The normalized spacial score (nSPS) is 11.8. The van der Waals surface area contributed by atoms with Crippen molar-refractivity contribution in [2.24, 2.45) is 11.7 Å². The first-order valence-corrected chi connectivity index (χ1v) is 8.55. The first-order chi connectivity index (χ1) is 9.83. The van der Waals surface area contributed by atoms with Crippen molar-refractivity contribution in [3.8, 4) is 0 Å². The van der Waals surface area contributed by atoms with Crippen LogP contribution in [0.4, 0.5) is 0 Å². The van der Waals surface area contributed by atoms with Crippen molar-refractivity contribution in [2.45, 2.75) is 25.2 Å². The van der Waals surface area contributed by atoms with Crippen LogP contribution in [0.1, 0.15) is 26.0 Å². The summed E-state index contributed by atoms with van der Waals surface area (Å²) in [4.78, 5) is 4.11. The van der Waals surface area contributed by atoms with E-state index >= 15 is 0 Å². The Hall–Kier alpha value is -1.09. The number of sulfonamides is 1. The van der Waals surface area contributed by atoms with E-state index in [4.69, 9.17) is 22.7 Å². The average molecular weight is 331 g/mol. The molecule has 0 saturated heterocycles. The zero-order chi connectivity index (χ0) is 15.9. The molecule has 21 heavy (non-hydrogen) atoms. The second-order valence-corrected chi connectivity index (χ2v) is 7.14. The van der Waals surface area contributed by atoms with Crippen molar-refractivity contribution in [2.75, 3.05) is 19.8 Å². The van der Waals surface area contributed by atoms with Gasteiger partial charge >= 0.3 is 0 Å². The molecule has 8 heteroatoms. The maximum absolute atomic E-state index is 12.0. The second kappa shape index (κ2) is 8.38. The Morgan fingerprint density at radius 2 is 2.14 bits per heavy atom. The number of hydrogen-bond acceptors (Lipinski definition) is 5. The standard InChI is InChI=1S/C13H21N3O3S2/c1-10(2)5-7-19-8-6-16-21(17,18)11-3-4-12(13(14)20)15-9-11/h3-4,9-10,16H,5-8H2,1-2H3,(H2,14,20). The van der Waals surface area contributed by atoms with Crippen molar-refractivity contribution < 1.29 is 13.2 Å². The number of thiocarbonyl (C=S) groups is 1. The number of nitrogens with zero attached hydrogens (tertiary/aromatic N) is 1. The summed E-state index contributed by atoms with van der Waals surface area (Å²) in [6.45, 7) is 5.40. The predicted octanol–water partition coefficient (Wildman–Crippen LogP) is 1.06. The molecule has 6 nitrogen and oxygen atoms in total. The highest BCUT2D eigenvalue weighted by Crippen LogP contribution is 2.07. The molecule has 0 atom stereocenters. The topological polar surface area (TPSA) is 94.3 Å². The Bertz CT molecular complexity index is 557. The van der Waals surface area contributed by atoms with E-state index in [2.05, 4.69) is 23.6 Å². The van der Waals surface area contributed by atoms with Crippen LogP contribution >= 0.6 is 12.2 Å². The maximum atomic E-state index is 12.0. The molecule has 3 N–H and O–H groups in total. The summed E-state index contributed by atoms with van der Waals surface area (Å²) < 4.78 is 31.8. The fourth-order valence-electron chi connectivity index (χ4n) is 1.44. The fraction of sp³-hybridized carbons (Fsp3) is 0.538. The Labute approximate surface area is 131 Å². The van der Waals surface area contributed by atoms with E-state index in [1.165, 1.54) is 18.3 Å². The van der Waals surface area contributed by atoms with Gasteiger partial charge in [0.25, 0.3) is 0 Å². The summed E-state index contributed by atoms with van der Waals surface area (Å²) in [7, 11) is -3.58. The lowest BCUT2D eigenvalue weighted by Crippen LogP contribution is -2.28. The van der Waals surface area contributed by atoms with Gasteiger partial charge in [-0.3, -0.25) is 4.98 Å². The van der Waals surface area contributed by atoms with Crippen molar-refractivity contribution in [1.82, 2.24) is 9.71 Å². The van der Waals surface area contributed by atoms with Crippen LogP contribution in [0.3, 0.4) is 0 Å². The summed E-state index contributed by atoms with van der Waals surface area (Å²) in [6.07, 6.45) is 2.19. The SMILES string of the molecule is CC(C)CCOCCNS(=O)(=O)c1ccc(C(N)=S)nc1. The highest BCUT2D eigenvalue weighted by atomic mass is 32.2. The first-order valence-electron chi connectivity index (χ1n) is 6.66. The monoisotopic (exact) mass is 331 g/mol. The van der Waals surface area contributed by atoms with Gasteiger partial charge in [0.2, 0.25) is 10.0 Å². The van der Waals surface area contributed by atoms with Crippen LogP contribution in [0.25, 0.3) is 0 Å². The zero-order valence-electron chi connectivity index (χ0n) is 12.2. The van der Waals surface area contributed by atoms with E-state index in [0.29, 0.717) is 24.8 Å². The van der Waals surface area contributed by atoms with E-state index in [1.807, 2.05) is 0 Å². The summed E-state index contributed by atoms with van der Waals surface area (Å²) in [5.74, 6) is 0.569. The van der Waals surface area contributed by atoms with Crippen LogP contribution in [0, 0.1) is 5.92 Å². The number of ether oxygens (including phenoxy) is 1. The predicted molar refractivity (Wildman–Crippen MR) is 85.6 cm³/mol. The molecule has 118 valence electrons. The molecule has 1 aromatic heterocycles. The highest BCUT2D eigenvalue weighted by molar-refractivity contribution is 7.89. The van der Waals surface area contributed by atoms with Gasteiger partial charge < -0.3 is 10.5 Å². The molecule has 0 spiro atoms. The number of nitrogens with one attached hydrogen (secondary N) is 1. The van der Waals surface area contributed by atoms with E-state index in [9.17, 15) is 8.42 Å². The lowest BCUT2D eigenvalue weighted by Gasteiger charge is -2.08. The molecule has 1 aromatic rings. The Balaban J connectivity index is 2.44. The number of rotatable bonds is 9. The smallest absolute Gasteiger partial charge is 0.242 e.